The van der Waals surface area contributed by atoms with Crippen LogP contribution < -0.4 is 4.74 Å². The third-order valence-corrected chi connectivity index (χ3v) is 6.45. The number of nitrogens with zero attached hydrogens (tertiary/aromatic N) is 1. The summed E-state index contributed by atoms with van der Waals surface area (Å²) >= 11 is 0. The molecule has 0 radical (unpaired) electrons. The van der Waals surface area contributed by atoms with Crippen LogP contribution in [0.4, 0.5) is 0 Å². The molecule has 6 rings (SSSR count). The number of fused-ring (bicyclic) bond motifs is 3. The molecule has 5 aromatic carbocycles. The number of rotatable bonds is 5. The van der Waals surface area contributed by atoms with Crippen LogP contribution in [0.2, 0.25) is 0 Å². The first-order chi connectivity index (χ1) is 17.2. The maximum Gasteiger partial charge on any atom is 0.151 e. The summed E-state index contributed by atoms with van der Waals surface area (Å²) in [5.74, 6) is 0.975. The summed E-state index contributed by atoms with van der Waals surface area (Å²) in [5, 5.41) is 13.2. The Morgan fingerprint density at radius 2 is 1.26 bits per heavy atom. The van der Waals surface area contributed by atoms with Gasteiger partial charge in [0.1, 0.15) is 12.4 Å². The van der Waals surface area contributed by atoms with Gasteiger partial charge in [-0.15, -0.1) is 0 Å². The minimum atomic E-state index is 0.232. The Balaban J connectivity index is 1.66. The molecule has 3 heteroatoms. The summed E-state index contributed by atoms with van der Waals surface area (Å²) in [6.45, 7) is 2.51. The molecule has 170 valence electrons. The van der Waals surface area contributed by atoms with E-state index in [1.165, 1.54) is 10.8 Å². The van der Waals surface area contributed by atoms with Gasteiger partial charge in [0.25, 0.3) is 0 Å². The number of phenols is 1. The van der Waals surface area contributed by atoms with E-state index in [1.807, 2.05) is 36.4 Å². The molecule has 0 saturated carbocycles. The topological polar surface area (TPSA) is 34.4 Å². The van der Waals surface area contributed by atoms with Crippen molar-refractivity contribution in [1.82, 2.24) is 4.57 Å². The van der Waals surface area contributed by atoms with Gasteiger partial charge in [-0.25, -0.2) is 0 Å². The predicted molar refractivity (Wildman–Crippen MR) is 143 cm³/mol. The first-order valence-corrected chi connectivity index (χ1v) is 11.8. The predicted octanol–water partition coefficient (Wildman–Crippen LogP) is 8.04. The van der Waals surface area contributed by atoms with Crippen molar-refractivity contribution in [1.29, 1.82) is 0 Å². The highest BCUT2D eigenvalue weighted by molar-refractivity contribution is 6.09. The van der Waals surface area contributed by atoms with Crippen molar-refractivity contribution in [2.24, 2.45) is 0 Å². The highest BCUT2D eigenvalue weighted by atomic mass is 16.5. The zero-order chi connectivity index (χ0) is 23.8. The molecule has 35 heavy (non-hydrogen) atoms. The number of benzene rings is 5. The Hall–Kier alpha value is -4.50. The van der Waals surface area contributed by atoms with E-state index in [0.29, 0.717) is 6.61 Å². The number of aromatic nitrogens is 1. The van der Waals surface area contributed by atoms with E-state index >= 15 is 0 Å². The Kier molecular flexibility index (Phi) is 5.23. The molecule has 0 aliphatic rings. The van der Waals surface area contributed by atoms with Crippen molar-refractivity contribution < 1.29 is 9.84 Å². The van der Waals surface area contributed by atoms with Gasteiger partial charge in [0, 0.05) is 21.9 Å². The van der Waals surface area contributed by atoms with Crippen molar-refractivity contribution in [3.63, 3.8) is 0 Å². The molecular weight excluding hydrogens is 430 g/mol. The van der Waals surface area contributed by atoms with E-state index in [2.05, 4.69) is 84.3 Å². The second-order valence-electron chi connectivity index (χ2n) is 8.82. The fourth-order valence-electron chi connectivity index (χ4n) is 4.89. The Labute approximate surface area is 204 Å². The third-order valence-electron chi connectivity index (χ3n) is 6.45. The smallest absolute Gasteiger partial charge is 0.151 e. The normalized spacial score (nSPS) is 11.2. The van der Waals surface area contributed by atoms with Crippen LogP contribution in [0, 0.1) is 6.92 Å². The molecule has 0 fully saturated rings. The first kappa shape index (κ1) is 21.1. The van der Waals surface area contributed by atoms with Crippen LogP contribution in [0.15, 0.2) is 115 Å². The standard InChI is InChI=1S/C32H25NO2/c1-22-19-27(26-15-7-10-18-31(26)34)32(35-21-23-11-3-2-4-12-23)30(20-22)33-28-16-8-5-13-24(28)25-14-6-9-17-29(25)33/h2-20,34H,21H2,1H3. The van der Waals surface area contributed by atoms with Crippen molar-refractivity contribution in [3.05, 3.63) is 126 Å². The van der Waals surface area contributed by atoms with Crippen LogP contribution in [0.5, 0.6) is 11.5 Å². The monoisotopic (exact) mass is 455 g/mol. The molecule has 6 aromatic rings. The fraction of sp³-hybridized carbons (Fsp3) is 0.0625. The quantitative estimate of drug-likeness (QED) is 0.285. The maximum atomic E-state index is 10.8. The molecule has 1 heterocycles. The van der Waals surface area contributed by atoms with E-state index in [1.54, 1.807) is 6.07 Å². The number of phenolic OH excluding ortho intramolecular Hbond substituents is 1. The van der Waals surface area contributed by atoms with Gasteiger partial charge in [0.15, 0.2) is 5.75 Å². The Morgan fingerprint density at radius 1 is 0.657 bits per heavy atom. The number of hydrogen-bond donors (Lipinski definition) is 1. The molecule has 3 nitrogen and oxygen atoms in total. The van der Waals surface area contributed by atoms with Crippen LogP contribution in [0.1, 0.15) is 11.1 Å². The summed E-state index contributed by atoms with van der Waals surface area (Å²) in [6, 6.07) is 38.8. The number of aryl methyl sites for hydroxylation is 1. The number of aromatic hydroxyl groups is 1. The lowest BCUT2D eigenvalue weighted by Gasteiger charge is -2.20. The molecule has 0 atom stereocenters. The average Bonchev–Trinajstić information content (AvgIpc) is 3.23. The van der Waals surface area contributed by atoms with E-state index in [0.717, 1.165) is 44.7 Å². The van der Waals surface area contributed by atoms with Gasteiger partial charge in [-0.05, 0) is 48.4 Å². The van der Waals surface area contributed by atoms with E-state index in [-0.39, 0.29) is 5.75 Å². The summed E-state index contributed by atoms with van der Waals surface area (Å²) in [7, 11) is 0. The lowest BCUT2D eigenvalue weighted by molar-refractivity contribution is 0.306. The van der Waals surface area contributed by atoms with E-state index in [9.17, 15) is 5.11 Å². The largest absolute Gasteiger partial charge is 0.507 e. The molecule has 0 unspecified atom stereocenters. The molecule has 0 saturated heterocycles. The highest BCUT2D eigenvalue weighted by Gasteiger charge is 2.20. The number of ether oxygens (including phenoxy) is 1. The molecular formula is C32H25NO2. The molecule has 0 spiro atoms. The van der Waals surface area contributed by atoms with Crippen molar-refractivity contribution in [3.8, 4) is 28.3 Å². The molecule has 0 aliphatic carbocycles. The van der Waals surface area contributed by atoms with Gasteiger partial charge in [-0.1, -0.05) is 84.9 Å². The molecule has 0 amide bonds. The minimum Gasteiger partial charge on any atom is -0.507 e. The summed E-state index contributed by atoms with van der Waals surface area (Å²) in [4.78, 5) is 0. The van der Waals surface area contributed by atoms with Crippen LogP contribution in [-0.2, 0) is 6.61 Å². The van der Waals surface area contributed by atoms with Crippen LogP contribution in [0.3, 0.4) is 0 Å². The number of hydrogen-bond acceptors (Lipinski definition) is 2. The Bertz CT molecular complexity index is 1610. The SMILES string of the molecule is Cc1cc(-c2ccccc2O)c(OCc2ccccc2)c(-n2c3ccccc3c3ccccc32)c1. The summed E-state index contributed by atoms with van der Waals surface area (Å²) in [5.41, 5.74) is 6.99. The van der Waals surface area contributed by atoms with Gasteiger partial charge in [0.05, 0.1) is 16.7 Å². The van der Waals surface area contributed by atoms with Crippen LogP contribution >= 0.6 is 0 Å². The van der Waals surface area contributed by atoms with E-state index < -0.39 is 0 Å². The Morgan fingerprint density at radius 3 is 1.94 bits per heavy atom. The molecule has 1 N–H and O–H groups in total. The summed E-state index contributed by atoms with van der Waals surface area (Å²) < 4.78 is 8.89. The van der Waals surface area contributed by atoms with Gasteiger partial charge < -0.3 is 14.4 Å². The molecule has 0 aliphatic heterocycles. The minimum absolute atomic E-state index is 0.232. The number of para-hydroxylation sites is 3. The van der Waals surface area contributed by atoms with Crippen molar-refractivity contribution in [2.45, 2.75) is 13.5 Å². The highest BCUT2D eigenvalue weighted by Crippen LogP contribution is 2.43. The van der Waals surface area contributed by atoms with Crippen molar-refractivity contribution in [2.75, 3.05) is 0 Å². The zero-order valence-corrected chi connectivity index (χ0v) is 19.5. The van der Waals surface area contributed by atoms with E-state index in [4.69, 9.17) is 4.74 Å². The average molecular weight is 456 g/mol. The van der Waals surface area contributed by atoms with Crippen LogP contribution in [-0.4, -0.2) is 9.67 Å². The molecule has 1 aromatic heterocycles. The zero-order valence-electron chi connectivity index (χ0n) is 19.5. The van der Waals surface area contributed by atoms with Crippen LogP contribution in [0.25, 0.3) is 38.6 Å². The second kappa shape index (κ2) is 8.69. The fourth-order valence-corrected chi connectivity index (χ4v) is 4.89. The second-order valence-corrected chi connectivity index (χ2v) is 8.82. The lowest BCUT2D eigenvalue weighted by Crippen LogP contribution is -2.04. The van der Waals surface area contributed by atoms with Gasteiger partial charge in [-0.2, -0.15) is 0 Å². The van der Waals surface area contributed by atoms with Gasteiger partial charge >= 0.3 is 0 Å². The lowest BCUT2D eigenvalue weighted by atomic mass is 9.99. The summed E-state index contributed by atoms with van der Waals surface area (Å²) in [6.07, 6.45) is 0. The van der Waals surface area contributed by atoms with Gasteiger partial charge in [-0.3, -0.25) is 0 Å². The first-order valence-electron chi connectivity index (χ1n) is 11.8. The van der Waals surface area contributed by atoms with Gasteiger partial charge in [0.2, 0.25) is 0 Å². The van der Waals surface area contributed by atoms with Crippen molar-refractivity contribution >= 4 is 21.8 Å². The molecule has 0 bridgehead atoms. The maximum absolute atomic E-state index is 10.8. The third kappa shape index (κ3) is 3.71.